The topological polar surface area (TPSA) is 34.9 Å². The molecule has 3 nitrogen and oxygen atoms in total. The van der Waals surface area contributed by atoms with Gasteiger partial charge in [-0.15, -0.1) is 0 Å². The maximum Gasteiger partial charge on any atom is 0.416 e. The van der Waals surface area contributed by atoms with Gasteiger partial charge < -0.3 is 0 Å². The summed E-state index contributed by atoms with van der Waals surface area (Å²) in [6.45, 7) is 0. The summed E-state index contributed by atoms with van der Waals surface area (Å²) in [6.07, 6.45) is -4.14. The summed E-state index contributed by atoms with van der Waals surface area (Å²) >= 11 is 17.4. The summed E-state index contributed by atoms with van der Waals surface area (Å²) < 4.78 is 38.8. The van der Waals surface area contributed by atoms with Gasteiger partial charge in [-0.25, -0.2) is 4.68 Å². The first-order chi connectivity index (χ1) is 9.24. The molecule has 1 heterocycles. The molecule has 9 heteroatoms. The normalized spacial score (nSPS) is 11.7. The van der Waals surface area contributed by atoms with Crippen molar-refractivity contribution in [3.05, 3.63) is 44.7 Å². The van der Waals surface area contributed by atoms with E-state index in [1.54, 1.807) is 0 Å². The van der Waals surface area contributed by atoms with E-state index in [0.29, 0.717) is 18.4 Å². The molecule has 2 rings (SSSR count). The molecule has 0 spiro atoms. The maximum absolute atomic E-state index is 12.6. The van der Waals surface area contributed by atoms with Crippen LogP contribution >= 0.6 is 34.8 Å². The molecule has 0 aliphatic carbocycles. The molecule has 20 heavy (non-hydrogen) atoms. The summed E-state index contributed by atoms with van der Waals surface area (Å²) in [6, 6.07) is 2.65. The Morgan fingerprint density at radius 3 is 2.05 bits per heavy atom. The molecule has 2 aromatic rings. The number of carbonyl (C=O) groups is 1. The Labute approximate surface area is 125 Å². The molecular formula is C11H4Cl3F3N2O. The maximum atomic E-state index is 12.6. The second-order valence-corrected chi connectivity index (χ2v) is 4.91. The molecule has 0 radical (unpaired) electrons. The van der Waals surface area contributed by atoms with Gasteiger partial charge in [-0.05, 0) is 12.1 Å². The van der Waals surface area contributed by atoms with Crippen molar-refractivity contribution in [2.24, 2.45) is 0 Å². The molecule has 0 saturated carbocycles. The fourth-order valence-corrected chi connectivity index (χ4v) is 2.40. The number of alkyl halides is 3. The lowest BCUT2D eigenvalue weighted by Crippen LogP contribution is -2.07. The van der Waals surface area contributed by atoms with E-state index in [4.69, 9.17) is 34.8 Å². The number of aldehydes is 1. The van der Waals surface area contributed by atoms with Gasteiger partial charge in [0.1, 0.15) is 16.5 Å². The Morgan fingerprint density at radius 2 is 1.65 bits per heavy atom. The predicted molar refractivity (Wildman–Crippen MR) is 69.0 cm³/mol. The van der Waals surface area contributed by atoms with Gasteiger partial charge in [-0.2, -0.15) is 18.3 Å². The average Bonchev–Trinajstić information content (AvgIpc) is 2.69. The zero-order valence-electron chi connectivity index (χ0n) is 9.38. The Kier molecular flexibility index (Phi) is 4.00. The Bertz CT molecular complexity index is 659. The molecule has 0 saturated heterocycles. The molecule has 1 aromatic carbocycles. The van der Waals surface area contributed by atoms with E-state index in [2.05, 4.69) is 5.10 Å². The Balaban J connectivity index is 2.63. The molecule has 0 N–H and O–H groups in total. The third-order valence-electron chi connectivity index (χ3n) is 2.36. The second kappa shape index (κ2) is 5.27. The number of nitrogens with zero attached hydrogens (tertiary/aromatic N) is 2. The largest absolute Gasteiger partial charge is 0.416 e. The van der Waals surface area contributed by atoms with E-state index in [9.17, 15) is 18.0 Å². The smallest absolute Gasteiger partial charge is 0.296 e. The minimum absolute atomic E-state index is 0.00188. The van der Waals surface area contributed by atoms with Gasteiger partial charge in [0.15, 0.2) is 6.29 Å². The van der Waals surface area contributed by atoms with Gasteiger partial charge in [-0.3, -0.25) is 4.79 Å². The van der Waals surface area contributed by atoms with Gasteiger partial charge in [0, 0.05) is 6.07 Å². The van der Waals surface area contributed by atoms with Crippen molar-refractivity contribution in [1.29, 1.82) is 0 Å². The highest BCUT2D eigenvalue weighted by molar-refractivity contribution is 6.38. The first kappa shape index (κ1) is 15.2. The van der Waals surface area contributed by atoms with Gasteiger partial charge >= 0.3 is 6.18 Å². The summed E-state index contributed by atoms with van der Waals surface area (Å²) in [7, 11) is 0. The molecule has 0 amide bonds. The molecule has 0 atom stereocenters. The zero-order valence-corrected chi connectivity index (χ0v) is 11.6. The van der Waals surface area contributed by atoms with Crippen LogP contribution in [0.4, 0.5) is 13.2 Å². The number of rotatable bonds is 2. The van der Waals surface area contributed by atoms with Crippen LogP contribution in [0, 0.1) is 0 Å². The van der Waals surface area contributed by atoms with E-state index >= 15 is 0 Å². The van der Waals surface area contributed by atoms with E-state index in [0.717, 1.165) is 4.68 Å². The van der Waals surface area contributed by atoms with Crippen molar-refractivity contribution < 1.29 is 18.0 Å². The van der Waals surface area contributed by atoms with Crippen LogP contribution in [0.15, 0.2) is 18.2 Å². The third kappa shape index (κ3) is 2.77. The molecular weight excluding hydrogens is 339 g/mol. The molecule has 1 aromatic heterocycles. The van der Waals surface area contributed by atoms with Gasteiger partial charge in [0.25, 0.3) is 0 Å². The number of hydrogen-bond acceptors (Lipinski definition) is 2. The highest BCUT2D eigenvalue weighted by Gasteiger charge is 2.32. The number of halogens is 6. The number of hydrogen-bond donors (Lipinski definition) is 0. The van der Waals surface area contributed by atoms with Crippen molar-refractivity contribution in [1.82, 2.24) is 9.78 Å². The highest BCUT2D eigenvalue weighted by Crippen LogP contribution is 2.38. The van der Waals surface area contributed by atoms with E-state index in [1.165, 1.54) is 6.07 Å². The van der Waals surface area contributed by atoms with Crippen molar-refractivity contribution >= 4 is 41.1 Å². The minimum atomic E-state index is -4.58. The fourth-order valence-electron chi connectivity index (χ4n) is 1.52. The fraction of sp³-hybridized carbons (Fsp3) is 0.0909. The van der Waals surface area contributed by atoms with Crippen molar-refractivity contribution in [2.75, 3.05) is 0 Å². The van der Waals surface area contributed by atoms with Crippen LogP contribution in [0.25, 0.3) is 5.69 Å². The first-order valence-electron chi connectivity index (χ1n) is 5.01. The number of aromatic nitrogens is 2. The molecule has 0 aliphatic heterocycles. The van der Waals surface area contributed by atoms with Crippen LogP contribution < -0.4 is 0 Å². The third-order valence-corrected chi connectivity index (χ3v) is 3.21. The molecule has 0 unspecified atom stereocenters. The Morgan fingerprint density at radius 1 is 1.10 bits per heavy atom. The quantitative estimate of drug-likeness (QED) is 0.743. The Hall–Kier alpha value is -1.24. The molecule has 0 bridgehead atoms. The van der Waals surface area contributed by atoms with Gasteiger partial charge in [0.2, 0.25) is 0 Å². The van der Waals surface area contributed by atoms with Gasteiger partial charge in [-0.1, -0.05) is 34.8 Å². The summed E-state index contributed by atoms with van der Waals surface area (Å²) in [5, 5.41) is 3.20. The summed E-state index contributed by atoms with van der Waals surface area (Å²) in [5.41, 5.74) is -1.02. The second-order valence-electron chi connectivity index (χ2n) is 3.71. The van der Waals surface area contributed by atoms with Crippen LogP contribution in [0.1, 0.15) is 16.1 Å². The lowest BCUT2D eigenvalue weighted by molar-refractivity contribution is -0.137. The molecule has 0 fully saturated rings. The van der Waals surface area contributed by atoms with E-state index < -0.39 is 11.7 Å². The van der Waals surface area contributed by atoms with Crippen LogP contribution in [0.3, 0.4) is 0 Å². The van der Waals surface area contributed by atoms with E-state index in [1.807, 2.05) is 0 Å². The zero-order chi connectivity index (χ0) is 15.1. The van der Waals surface area contributed by atoms with Crippen LogP contribution in [0.5, 0.6) is 0 Å². The number of benzene rings is 1. The summed E-state index contributed by atoms with van der Waals surface area (Å²) in [4.78, 5) is 10.6. The van der Waals surface area contributed by atoms with Crippen molar-refractivity contribution in [3.8, 4) is 5.69 Å². The van der Waals surface area contributed by atoms with Crippen molar-refractivity contribution in [2.45, 2.75) is 6.18 Å². The van der Waals surface area contributed by atoms with Crippen LogP contribution in [-0.4, -0.2) is 16.1 Å². The highest BCUT2D eigenvalue weighted by atomic mass is 35.5. The monoisotopic (exact) mass is 342 g/mol. The van der Waals surface area contributed by atoms with Gasteiger partial charge in [0.05, 0.1) is 15.6 Å². The standard InChI is InChI=1S/C11H4Cl3F3N2O/c12-7-1-5(11(15,16)17)2-8(13)10(7)19-9(14)3-6(4-20)18-19/h1-4H. The lowest BCUT2D eigenvalue weighted by Gasteiger charge is -2.12. The van der Waals surface area contributed by atoms with E-state index in [-0.39, 0.29) is 26.6 Å². The molecule has 0 aliphatic rings. The number of carbonyl (C=O) groups excluding carboxylic acids is 1. The minimum Gasteiger partial charge on any atom is -0.296 e. The molecule has 106 valence electrons. The SMILES string of the molecule is O=Cc1cc(Cl)n(-c2c(Cl)cc(C(F)(F)F)cc2Cl)n1. The predicted octanol–water partition coefficient (Wildman–Crippen LogP) is 4.66. The summed E-state index contributed by atoms with van der Waals surface area (Å²) in [5.74, 6) is 0. The van der Waals surface area contributed by atoms with Crippen LogP contribution in [0.2, 0.25) is 15.2 Å². The van der Waals surface area contributed by atoms with Crippen molar-refractivity contribution in [3.63, 3.8) is 0 Å². The lowest BCUT2D eigenvalue weighted by atomic mass is 10.2. The van der Waals surface area contributed by atoms with Crippen LogP contribution in [-0.2, 0) is 6.18 Å². The first-order valence-corrected chi connectivity index (χ1v) is 6.15. The average molecular weight is 344 g/mol.